The second-order valence-corrected chi connectivity index (χ2v) is 18.1. The largest absolute Gasteiger partial charge is 0.493 e. The molecule has 0 bridgehead atoms. The number of fused-ring (bicyclic) bond motifs is 3. The average Bonchev–Trinajstić information content (AvgIpc) is 3.48. The Morgan fingerprint density at radius 1 is 1.02 bits per heavy atom. The maximum absolute atomic E-state index is 13.1. The molecule has 3 aliphatic rings. The maximum Gasteiger partial charge on any atom is 0.329 e. The molecule has 7 nitrogen and oxygen atoms in total. The van der Waals surface area contributed by atoms with Gasteiger partial charge in [-0.15, -0.1) is 0 Å². The van der Waals surface area contributed by atoms with Gasteiger partial charge in [0, 0.05) is 34.7 Å². The number of halogens is 1. The Morgan fingerprint density at radius 2 is 1.82 bits per heavy atom. The number of carbonyl (C=O) groups is 1. The molecule has 304 valence electrons. The second kappa shape index (κ2) is 18.2. The lowest BCUT2D eigenvalue weighted by atomic mass is 9.59. The monoisotopic (exact) mass is 791 g/mol. The average molecular weight is 793 g/mol. The summed E-state index contributed by atoms with van der Waals surface area (Å²) in [6.07, 6.45) is 13.1. The number of benzene rings is 3. The van der Waals surface area contributed by atoms with E-state index in [0.717, 1.165) is 81.6 Å². The lowest BCUT2D eigenvalue weighted by Gasteiger charge is -2.47. The fourth-order valence-corrected chi connectivity index (χ4v) is 10.4. The van der Waals surface area contributed by atoms with Gasteiger partial charge in [-0.2, -0.15) is 0 Å². The molecule has 0 saturated heterocycles. The number of likely N-dealkylation sites (N-methyl/N-ethyl adjacent to an activating group) is 1. The number of nitrogens with one attached hydrogen (secondary N) is 1. The molecule has 1 saturated carbocycles. The molecule has 1 unspecified atom stereocenters. The van der Waals surface area contributed by atoms with E-state index in [4.69, 9.17) is 26.1 Å². The first kappa shape index (κ1) is 41.1. The molecule has 1 heterocycles. The van der Waals surface area contributed by atoms with Gasteiger partial charge in [-0.1, -0.05) is 67.9 Å². The van der Waals surface area contributed by atoms with E-state index < -0.39 is 11.5 Å². The van der Waals surface area contributed by atoms with Crippen LogP contribution in [0.1, 0.15) is 112 Å². The number of ether oxygens (including phenoxy) is 2. The molecule has 1 fully saturated rings. The van der Waals surface area contributed by atoms with Crippen LogP contribution in [0.3, 0.4) is 0 Å². The third-order valence-corrected chi connectivity index (χ3v) is 13.6. The van der Waals surface area contributed by atoms with Crippen molar-refractivity contribution < 1.29 is 19.4 Å². The minimum absolute atomic E-state index is 0.0884. The predicted octanol–water partition coefficient (Wildman–Crippen LogP) is 10.9. The quantitative estimate of drug-likeness (QED) is 0.110. The molecule has 0 amide bonds. The number of aromatic nitrogens is 1. The van der Waals surface area contributed by atoms with Crippen molar-refractivity contribution in [3.8, 4) is 11.5 Å². The molecule has 2 N–H and O–H groups in total. The Hall–Kier alpha value is -4.07. The number of hydrogen-bond acceptors (Lipinski definition) is 6. The van der Waals surface area contributed by atoms with E-state index >= 15 is 0 Å². The van der Waals surface area contributed by atoms with Gasteiger partial charge in [0.1, 0.15) is 17.0 Å². The SMILES string of the molecule is CC(CCCN(C)CCc1ccccc1)Oc1ccc2c(c1)C1(CCC(Nc3cccc(Cl)c3)(C(=O)O)CC1)[C@@H](C[C@@H](C)COc1ccnc3c1[C@H](C)CCC3)C2. The van der Waals surface area contributed by atoms with E-state index in [9.17, 15) is 9.90 Å². The number of pyridine rings is 1. The van der Waals surface area contributed by atoms with Gasteiger partial charge >= 0.3 is 5.97 Å². The van der Waals surface area contributed by atoms with Crippen LogP contribution < -0.4 is 14.8 Å². The van der Waals surface area contributed by atoms with Crippen LogP contribution in [0.4, 0.5) is 5.69 Å². The Labute approximate surface area is 345 Å². The normalized spacial score (nSPS) is 23.8. The molecule has 3 aromatic carbocycles. The second-order valence-electron chi connectivity index (χ2n) is 17.6. The third kappa shape index (κ3) is 9.63. The first-order valence-electron chi connectivity index (χ1n) is 21.4. The lowest BCUT2D eigenvalue weighted by molar-refractivity contribution is -0.144. The minimum Gasteiger partial charge on any atom is -0.493 e. The number of rotatable bonds is 17. The highest BCUT2D eigenvalue weighted by Crippen LogP contribution is 2.57. The molecule has 57 heavy (non-hydrogen) atoms. The highest BCUT2D eigenvalue weighted by molar-refractivity contribution is 6.30. The molecular weight excluding hydrogens is 730 g/mol. The van der Waals surface area contributed by atoms with Gasteiger partial charge in [0.2, 0.25) is 0 Å². The van der Waals surface area contributed by atoms with Crippen molar-refractivity contribution in [2.75, 3.05) is 32.1 Å². The number of aliphatic carboxylic acids is 1. The third-order valence-electron chi connectivity index (χ3n) is 13.4. The molecule has 3 aliphatic carbocycles. The number of anilines is 1. The van der Waals surface area contributed by atoms with Gasteiger partial charge in [-0.05, 0) is 174 Å². The van der Waals surface area contributed by atoms with Gasteiger partial charge < -0.3 is 24.8 Å². The van der Waals surface area contributed by atoms with Crippen LogP contribution in [0, 0.1) is 11.8 Å². The van der Waals surface area contributed by atoms with Crippen LogP contribution in [0.2, 0.25) is 5.02 Å². The predicted molar refractivity (Wildman–Crippen MR) is 231 cm³/mol. The minimum atomic E-state index is -1.06. The standard InChI is InChI=1S/C49H62ClN3O4/c1-34(33-56-45-20-26-51-44-17-8-11-35(2)46(44)45)29-39-30-38-18-19-42(57-36(3)12-10-27-53(4)28-21-37-13-6-5-7-14-37)32-43(38)48(39)22-24-49(25-23-48,47(54)55)52-41-16-9-15-40(50)31-41/h5-7,9,13-16,18-20,26,31-32,34-36,39,52H,8,10-12,17,21-25,27-30,33H2,1-4H3,(H,54,55)/t34-,35-,36?,39+,48?,49?/m1/s1. The van der Waals surface area contributed by atoms with E-state index in [-0.39, 0.29) is 11.5 Å². The summed E-state index contributed by atoms with van der Waals surface area (Å²) >= 11 is 6.33. The van der Waals surface area contributed by atoms with E-state index in [1.807, 2.05) is 36.5 Å². The van der Waals surface area contributed by atoms with E-state index in [1.165, 1.54) is 40.8 Å². The van der Waals surface area contributed by atoms with Crippen LogP contribution in [0.5, 0.6) is 11.5 Å². The summed E-state index contributed by atoms with van der Waals surface area (Å²) in [6.45, 7) is 9.52. The zero-order valence-corrected chi connectivity index (χ0v) is 35.2. The summed E-state index contributed by atoms with van der Waals surface area (Å²) in [6, 6.07) is 26.9. The van der Waals surface area contributed by atoms with Gasteiger partial charge in [0.05, 0.1) is 12.7 Å². The van der Waals surface area contributed by atoms with E-state index in [0.29, 0.717) is 42.2 Å². The highest BCUT2D eigenvalue weighted by Gasteiger charge is 2.54. The molecule has 7 rings (SSSR count). The van der Waals surface area contributed by atoms with Gasteiger partial charge in [0.25, 0.3) is 0 Å². The fraction of sp³-hybridized carbons (Fsp3) is 0.510. The van der Waals surface area contributed by atoms with Crippen molar-refractivity contribution in [3.63, 3.8) is 0 Å². The summed E-state index contributed by atoms with van der Waals surface area (Å²) in [4.78, 5) is 20.2. The van der Waals surface area contributed by atoms with E-state index in [2.05, 4.69) is 86.6 Å². The summed E-state index contributed by atoms with van der Waals surface area (Å²) in [5, 5.41) is 14.8. The number of hydrogen-bond donors (Lipinski definition) is 2. The Kier molecular flexibility index (Phi) is 13.2. The molecule has 4 aromatic rings. The molecule has 0 radical (unpaired) electrons. The molecule has 1 spiro atoms. The van der Waals surface area contributed by atoms with Crippen LogP contribution in [0.25, 0.3) is 0 Å². The number of carboxylic acid groups (broad SMARTS) is 1. The van der Waals surface area contributed by atoms with Crippen molar-refractivity contribution in [1.82, 2.24) is 9.88 Å². The molecular formula is C49H62ClN3O4. The smallest absolute Gasteiger partial charge is 0.329 e. The number of carboxylic acids is 1. The lowest BCUT2D eigenvalue weighted by Crippen LogP contribution is -2.53. The Balaban J connectivity index is 1.05. The van der Waals surface area contributed by atoms with Gasteiger partial charge in [-0.3, -0.25) is 4.98 Å². The topological polar surface area (TPSA) is 83.9 Å². The van der Waals surface area contributed by atoms with Crippen LogP contribution >= 0.6 is 11.6 Å². The van der Waals surface area contributed by atoms with Crippen molar-refractivity contribution in [1.29, 1.82) is 0 Å². The van der Waals surface area contributed by atoms with Gasteiger partial charge in [0.15, 0.2) is 0 Å². The summed E-state index contributed by atoms with van der Waals surface area (Å²) in [5.74, 6) is 2.26. The highest BCUT2D eigenvalue weighted by atomic mass is 35.5. The van der Waals surface area contributed by atoms with Gasteiger partial charge in [-0.25, -0.2) is 4.79 Å². The number of nitrogens with zero attached hydrogens (tertiary/aromatic N) is 2. The molecule has 1 aromatic heterocycles. The van der Waals surface area contributed by atoms with Crippen molar-refractivity contribution >= 4 is 23.3 Å². The first-order valence-corrected chi connectivity index (χ1v) is 21.8. The van der Waals surface area contributed by atoms with Crippen LogP contribution in [-0.2, 0) is 29.5 Å². The maximum atomic E-state index is 13.1. The number of aryl methyl sites for hydroxylation is 1. The zero-order chi connectivity index (χ0) is 40.0. The summed E-state index contributed by atoms with van der Waals surface area (Å²) in [7, 11) is 2.21. The Bertz CT molecular complexity index is 1960. The van der Waals surface area contributed by atoms with Crippen LogP contribution in [-0.4, -0.2) is 59.3 Å². The summed E-state index contributed by atoms with van der Waals surface area (Å²) < 4.78 is 13.3. The summed E-state index contributed by atoms with van der Waals surface area (Å²) in [5.41, 5.74) is 6.12. The van der Waals surface area contributed by atoms with Crippen molar-refractivity contribution in [2.45, 2.75) is 121 Å². The fourth-order valence-electron chi connectivity index (χ4n) is 10.2. The van der Waals surface area contributed by atoms with E-state index in [1.54, 1.807) is 0 Å². The zero-order valence-electron chi connectivity index (χ0n) is 34.4. The Morgan fingerprint density at radius 3 is 2.60 bits per heavy atom. The molecule has 4 atom stereocenters. The van der Waals surface area contributed by atoms with Crippen LogP contribution in [0.15, 0.2) is 85.1 Å². The van der Waals surface area contributed by atoms with Crippen molar-refractivity contribution in [2.24, 2.45) is 11.8 Å². The van der Waals surface area contributed by atoms with Crippen molar-refractivity contribution in [3.05, 3.63) is 118 Å². The molecule has 8 heteroatoms. The first-order chi connectivity index (χ1) is 27.5. The molecule has 0 aliphatic heterocycles.